The van der Waals surface area contributed by atoms with E-state index in [1.807, 2.05) is 0 Å². The zero-order valence-corrected chi connectivity index (χ0v) is 9.79. The van der Waals surface area contributed by atoms with Gasteiger partial charge >= 0.3 is 0 Å². The fraction of sp³-hybridized carbons (Fsp3) is 0.333. The van der Waals surface area contributed by atoms with Gasteiger partial charge < -0.3 is 5.32 Å². The standard InChI is InChI=1S/C12H14BrN/c1-2-11-7-6-9-8-10(13)4-3-5-12(9)14-11/h3-8,11-12,14H,2H2,1H3. The van der Waals surface area contributed by atoms with Gasteiger partial charge in [0.25, 0.3) is 0 Å². The monoisotopic (exact) mass is 251 g/mol. The number of allylic oxidation sites excluding steroid dienone is 4. The molecule has 0 bridgehead atoms. The lowest BCUT2D eigenvalue weighted by Crippen LogP contribution is -2.39. The third-order valence-corrected chi connectivity index (χ3v) is 3.07. The largest absolute Gasteiger partial charge is 0.300 e. The summed E-state index contributed by atoms with van der Waals surface area (Å²) in [6.45, 7) is 2.20. The molecule has 2 rings (SSSR count). The Morgan fingerprint density at radius 3 is 3.07 bits per heavy atom. The Bertz CT molecular complexity index is 336. The van der Waals surface area contributed by atoms with Gasteiger partial charge in [-0.3, -0.25) is 0 Å². The molecule has 1 aliphatic carbocycles. The van der Waals surface area contributed by atoms with Crippen molar-refractivity contribution in [3.8, 4) is 0 Å². The minimum atomic E-state index is 0.372. The lowest BCUT2D eigenvalue weighted by atomic mass is 9.99. The van der Waals surface area contributed by atoms with Gasteiger partial charge in [0.15, 0.2) is 0 Å². The van der Waals surface area contributed by atoms with E-state index in [9.17, 15) is 0 Å². The first-order valence-electron chi connectivity index (χ1n) is 4.99. The first-order chi connectivity index (χ1) is 6.79. The van der Waals surface area contributed by atoms with Crippen LogP contribution in [0.2, 0.25) is 0 Å². The number of rotatable bonds is 1. The summed E-state index contributed by atoms with van der Waals surface area (Å²) >= 11 is 3.50. The van der Waals surface area contributed by atoms with Crippen LogP contribution >= 0.6 is 15.9 Å². The molecule has 0 spiro atoms. The number of nitrogens with one attached hydrogen (secondary N) is 1. The van der Waals surface area contributed by atoms with E-state index in [-0.39, 0.29) is 0 Å². The lowest BCUT2D eigenvalue weighted by Gasteiger charge is -2.25. The van der Waals surface area contributed by atoms with Crippen molar-refractivity contribution in [3.63, 3.8) is 0 Å². The van der Waals surface area contributed by atoms with Gasteiger partial charge in [-0.2, -0.15) is 0 Å². The van der Waals surface area contributed by atoms with Crippen LogP contribution in [0.25, 0.3) is 0 Å². The number of hydrogen-bond acceptors (Lipinski definition) is 1. The molecular weight excluding hydrogens is 238 g/mol. The van der Waals surface area contributed by atoms with E-state index < -0.39 is 0 Å². The molecule has 74 valence electrons. The summed E-state index contributed by atoms with van der Waals surface area (Å²) in [5.41, 5.74) is 1.33. The second-order valence-corrected chi connectivity index (χ2v) is 4.51. The fourth-order valence-electron chi connectivity index (χ4n) is 1.74. The van der Waals surface area contributed by atoms with Gasteiger partial charge in [-0.05, 0) is 24.1 Å². The maximum atomic E-state index is 3.57. The Labute approximate surface area is 93.4 Å². The lowest BCUT2D eigenvalue weighted by molar-refractivity contribution is 0.544. The Morgan fingerprint density at radius 2 is 2.29 bits per heavy atom. The van der Waals surface area contributed by atoms with Crippen LogP contribution in [-0.4, -0.2) is 12.1 Å². The van der Waals surface area contributed by atoms with Crippen LogP contribution in [0.3, 0.4) is 0 Å². The molecule has 14 heavy (non-hydrogen) atoms. The van der Waals surface area contributed by atoms with E-state index in [1.165, 1.54) is 5.57 Å². The second-order valence-electron chi connectivity index (χ2n) is 3.60. The van der Waals surface area contributed by atoms with Crippen LogP contribution in [0.1, 0.15) is 13.3 Å². The molecule has 1 N–H and O–H groups in total. The second kappa shape index (κ2) is 4.28. The van der Waals surface area contributed by atoms with Gasteiger partial charge in [0.05, 0.1) is 6.04 Å². The first kappa shape index (κ1) is 9.94. The van der Waals surface area contributed by atoms with Crippen LogP contribution in [0.15, 0.2) is 46.5 Å². The average Bonchev–Trinajstić information content (AvgIpc) is 2.37. The molecular formula is C12H14BrN. The average molecular weight is 252 g/mol. The van der Waals surface area contributed by atoms with Crippen molar-refractivity contribution in [1.82, 2.24) is 5.32 Å². The molecule has 0 fully saturated rings. The number of halogens is 1. The third kappa shape index (κ3) is 2.07. The van der Waals surface area contributed by atoms with E-state index in [0.717, 1.165) is 10.9 Å². The summed E-state index contributed by atoms with van der Waals surface area (Å²) in [7, 11) is 0. The molecule has 0 saturated heterocycles. The Hall–Kier alpha value is -0.600. The van der Waals surface area contributed by atoms with E-state index in [4.69, 9.17) is 0 Å². The first-order valence-corrected chi connectivity index (χ1v) is 5.78. The van der Waals surface area contributed by atoms with Crippen molar-refractivity contribution in [2.45, 2.75) is 25.4 Å². The highest BCUT2D eigenvalue weighted by molar-refractivity contribution is 9.11. The van der Waals surface area contributed by atoms with Crippen molar-refractivity contribution in [1.29, 1.82) is 0 Å². The summed E-state index contributed by atoms with van der Waals surface area (Å²) in [4.78, 5) is 0. The van der Waals surface area contributed by atoms with Gasteiger partial charge in [-0.25, -0.2) is 0 Å². The molecule has 0 amide bonds. The Kier molecular flexibility index (Phi) is 3.04. The quantitative estimate of drug-likeness (QED) is 0.756. The molecule has 2 aliphatic rings. The zero-order chi connectivity index (χ0) is 9.97. The van der Waals surface area contributed by atoms with Gasteiger partial charge in [-0.15, -0.1) is 0 Å². The van der Waals surface area contributed by atoms with Crippen molar-refractivity contribution >= 4 is 15.9 Å². The van der Waals surface area contributed by atoms with Crippen LogP contribution in [-0.2, 0) is 0 Å². The summed E-state index contributed by atoms with van der Waals surface area (Å²) in [6.07, 6.45) is 14.1. The van der Waals surface area contributed by atoms with Gasteiger partial charge in [0, 0.05) is 10.5 Å². The molecule has 2 unspecified atom stereocenters. The van der Waals surface area contributed by atoms with Crippen LogP contribution in [0.5, 0.6) is 0 Å². The van der Waals surface area contributed by atoms with Gasteiger partial charge in [0.2, 0.25) is 0 Å². The maximum absolute atomic E-state index is 3.57. The molecule has 0 radical (unpaired) electrons. The molecule has 0 aromatic rings. The minimum Gasteiger partial charge on any atom is -0.300 e. The topological polar surface area (TPSA) is 12.0 Å². The number of hydrogen-bond donors (Lipinski definition) is 1. The van der Waals surface area contributed by atoms with E-state index >= 15 is 0 Å². The highest BCUT2D eigenvalue weighted by Gasteiger charge is 2.17. The van der Waals surface area contributed by atoms with Crippen molar-refractivity contribution in [2.75, 3.05) is 0 Å². The summed E-state index contributed by atoms with van der Waals surface area (Å²) < 4.78 is 1.13. The molecule has 0 saturated carbocycles. The molecule has 0 aromatic heterocycles. The SMILES string of the molecule is CCC1C=CC2=CC(Br)=CC=CC2N1. The normalized spacial score (nSPS) is 30.4. The fourth-order valence-corrected chi connectivity index (χ4v) is 2.15. The van der Waals surface area contributed by atoms with E-state index in [0.29, 0.717) is 12.1 Å². The third-order valence-electron chi connectivity index (χ3n) is 2.58. The summed E-state index contributed by atoms with van der Waals surface area (Å²) in [5.74, 6) is 0. The van der Waals surface area contributed by atoms with E-state index in [2.05, 4.69) is 64.6 Å². The van der Waals surface area contributed by atoms with Crippen LogP contribution < -0.4 is 5.32 Å². The molecule has 1 heterocycles. The summed E-state index contributed by atoms with van der Waals surface area (Å²) in [5, 5.41) is 3.57. The van der Waals surface area contributed by atoms with Crippen LogP contribution in [0.4, 0.5) is 0 Å². The van der Waals surface area contributed by atoms with Crippen molar-refractivity contribution in [3.05, 3.63) is 46.5 Å². The minimum absolute atomic E-state index is 0.372. The smallest absolute Gasteiger partial charge is 0.0514 e. The number of fused-ring (bicyclic) bond motifs is 1. The molecule has 2 heteroatoms. The maximum Gasteiger partial charge on any atom is 0.0514 e. The summed E-state index contributed by atoms with van der Waals surface area (Å²) in [6, 6.07) is 0.884. The van der Waals surface area contributed by atoms with Crippen molar-refractivity contribution < 1.29 is 0 Å². The molecule has 1 nitrogen and oxygen atoms in total. The Balaban J connectivity index is 2.26. The van der Waals surface area contributed by atoms with Gasteiger partial charge in [0.1, 0.15) is 0 Å². The van der Waals surface area contributed by atoms with E-state index in [1.54, 1.807) is 0 Å². The van der Waals surface area contributed by atoms with Crippen LogP contribution in [0, 0.1) is 0 Å². The Morgan fingerprint density at radius 1 is 1.43 bits per heavy atom. The predicted molar refractivity (Wildman–Crippen MR) is 64.4 cm³/mol. The highest BCUT2D eigenvalue weighted by atomic mass is 79.9. The molecule has 2 atom stereocenters. The predicted octanol–water partition coefficient (Wildman–Crippen LogP) is 3.07. The zero-order valence-electron chi connectivity index (χ0n) is 8.20. The molecule has 1 aliphatic heterocycles. The van der Waals surface area contributed by atoms with Crippen molar-refractivity contribution in [2.24, 2.45) is 0 Å². The highest BCUT2D eigenvalue weighted by Crippen LogP contribution is 2.21. The van der Waals surface area contributed by atoms with Gasteiger partial charge in [-0.1, -0.05) is 47.2 Å². The molecule has 0 aromatic carbocycles.